The predicted octanol–water partition coefficient (Wildman–Crippen LogP) is 4.15. The quantitative estimate of drug-likeness (QED) is 0.768. The largest absolute Gasteiger partial charge is 0.493 e. The van der Waals surface area contributed by atoms with Gasteiger partial charge in [-0.05, 0) is 56.7 Å². The molecule has 0 spiro atoms. The molecule has 6 nitrogen and oxygen atoms in total. The van der Waals surface area contributed by atoms with Gasteiger partial charge in [0.1, 0.15) is 0 Å². The Bertz CT molecular complexity index is 831. The van der Waals surface area contributed by atoms with E-state index in [0.717, 1.165) is 5.56 Å². The summed E-state index contributed by atoms with van der Waals surface area (Å²) < 4.78 is 11.2. The number of aryl methyl sites for hydroxylation is 1. The summed E-state index contributed by atoms with van der Waals surface area (Å²) in [6, 6.07) is 12.5. The number of hydrogen-bond donors (Lipinski definition) is 2. The van der Waals surface area contributed by atoms with Gasteiger partial charge in [-0.15, -0.1) is 0 Å². The lowest BCUT2D eigenvalue weighted by Crippen LogP contribution is -2.42. The SMILES string of the molecule is CCC(=O)Nc1ccc(NC(=O)C(C)(C)Oc2ccccc2OC)c(C)c1. The molecular weight excluding hydrogens is 344 g/mol. The van der Waals surface area contributed by atoms with Crippen LogP contribution in [-0.2, 0) is 9.59 Å². The van der Waals surface area contributed by atoms with E-state index in [0.29, 0.717) is 29.3 Å². The first-order chi connectivity index (χ1) is 12.8. The number of para-hydroxylation sites is 2. The van der Waals surface area contributed by atoms with Crippen molar-refractivity contribution in [3.63, 3.8) is 0 Å². The second-order valence-corrected chi connectivity index (χ2v) is 6.65. The lowest BCUT2D eigenvalue weighted by molar-refractivity contribution is -0.128. The fraction of sp³-hybridized carbons (Fsp3) is 0.333. The average Bonchev–Trinajstić information content (AvgIpc) is 2.63. The van der Waals surface area contributed by atoms with Gasteiger partial charge in [0.25, 0.3) is 5.91 Å². The van der Waals surface area contributed by atoms with Crippen LogP contribution in [-0.4, -0.2) is 24.5 Å². The third kappa shape index (κ3) is 5.23. The van der Waals surface area contributed by atoms with Gasteiger partial charge in [0.05, 0.1) is 7.11 Å². The Morgan fingerprint density at radius 2 is 1.70 bits per heavy atom. The number of carbonyl (C=O) groups is 2. The molecule has 144 valence electrons. The van der Waals surface area contributed by atoms with Gasteiger partial charge >= 0.3 is 0 Å². The Morgan fingerprint density at radius 3 is 2.30 bits per heavy atom. The van der Waals surface area contributed by atoms with Crippen molar-refractivity contribution in [3.8, 4) is 11.5 Å². The second kappa shape index (κ2) is 8.58. The summed E-state index contributed by atoms with van der Waals surface area (Å²) in [5, 5.41) is 5.68. The summed E-state index contributed by atoms with van der Waals surface area (Å²) in [6.45, 7) is 7.05. The minimum atomic E-state index is -1.11. The van der Waals surface area contributed by atoms with Crippen molar-refractivity contribution in [1.29, 1.82) is 0 Å². The number of ether oxygens (including phenoxy) is 2. The maximum atomic E-state index is 12.8. The highest BCUT2D eigenvalue weighted by Crippen LogP contribution is 2.30. The zero-order chi connectivity index (χ0) is 20.0. The molecule has 2 aromatic carbocycles. The van der Waals surface area contributed by atoms with Gasteiger partial charge in [-0.2, -0.15) is 0 Å². The fourth-order valence-electron chi connectivity index (χ4n) is 2.43. The van der Waals surface area contributed by atoms with Crippen LogP contribution >= 0.6 is 0 Å². The van der Waals surface area contributed by atoms with Gasteiger partial charge in [0, 0.05) is 17.8 Å². The fourth-order valence-corrected chi connectivity index (χ4v) is 2.43. The van der Waals surface area contributed by atoms with Gasteiger partial charge in [0.15, 0.2) is 17.1 Å². The zero-order valence-electron chi connectivity index (χ0n) is 16.4. The molecule has 2 N–H and O–H groups in total. The molecule has 2 aromatic rings. The maximum Gasteiger partial charge on any atom is 0.267 e. The topological polar surface area (TPSA) is 76.7 Å². The molecule has 0 unspecified atom stereocenters. The minimum Gasteiger partial charge on any atom is -0.493 e. The van der Waals surface area contributed by atoms with Crippen molar-refractivity contribution >= 4 is 23.2 Å². The molecule has 0 saturated carbocycles. The summed E-state index contributed by atoms with van der Waals surface area (Å²) in [5.74, 6) is 0.708. The van der Waals surface area contributed by atoms with Gasteiger partial charge in [-0.25, -0.2) is 0 Å². The Labute approximate surface area is 159 Å². The Hall–Kier alpha value is -3.02. The van der Waals surface area contributed by atoms with Crippen LogP contribution in [0.2, 0.25) is 0 Å². The van der Waals surface area contributed by atoms with Crippen LogP contribution in [0.3, 0.4) is 0 Å². The van der Waals surface area contributed by atoms with Crippen LogP contribution in [0.4, 0.5) is 11.4 Å². The Balaban J connectivity index is 2.12. The highest BCUT2D eigenvalue weighted by molar-refractivity contribution is 5.98. The Kier molecular flexibility index (Phi) is 6.45. The lowest BCUT2D eigenvalue weighted by Gasteiger charge is -2.26. The molecule has 0 aliphatic rings. The number of hydrogen-bond acceptors (Lipinski definition) is 4. The van der Waals surface area contributed by atoms with Gasteiger partial charge in [0.2, 0.25) is 5.91 Å². The first-order valence-electron chi connectivity index (χ1n) is 8.80. The monoisotopic (exact) mass is 370 g/mol. The van der Waals surface area contributed by atoms with E-state index < -0.39 is 5.60 Å². The van der Waals surface area contributed by atoms with E-state index in [1.165, 1.54) is 0 Å². The van der Waals surface area contributed by atoms with Gasteiger partial charge in [-0.1, -0.05) is 19.1 Å². The molecule has 0 aliphatic heterocycles. The summed E-state index contributed by atoms with van der Waals surface area (Å²) in [6.07, 6.45) is 0.409. The molecule has 0 saturated heterocycles. The van der Waals surface area contributed by atoms with E-state index >= 15 is 0 Å². The van der Waals surface area contributed by atoms with Crippen LogP contribution in [0.15, 0.2) is 42.5 Å². The molecule has 0 radical (unpaired) electrons. The zero-order valence-corrected chi connectivity index (χ0v) is 16.4. The highest BCUT2D eigenvalue weighted by atomic mass is 16.5. The van der Waals surface area contributed by atoms with Crippen molar-refractivity contribution in [2.24, 2.45) is 0 Å². The normalized spacial score (nSPS) is 10.9. The Morgan fingerprint density at radius 1 is 1.04 bits per heavy atom. The first-order valence-corrected chi connectivity index (χ1v) is 8.80. The van der Waals surface area contributed by atoms with Crippen molar-refractivity contribution in [2.75, 3.05) is 17.7 Å². The summed E-state index contributed by atoms with van der Waals surface area (Å²) in [4.78, 5) is 24.3. The molecule has 2 rings (SSSR count). The molecule has 0 aromatic heterocycles. The minimum absolute atomic E-state index is 0.0578. The average molecular weight is 370 g/mol. The summed E-state index contributed by atoms with van der Waals surface area (Å²) in [5.41, 5.74) is 1.08. The van der Waals surface area contributed by atoms with Crippen molar-refractivity contribution < 1.29 is 19.1 Å². The molecule has 6 heteroatoms. The van der Waals surface area contributed by atoms with Gasteiger partial charge < -0.3 is 20.1 Å². The third-order valence-corrected chi connectivity index (χ3v) is 4.06. The molecule has 0 heterocycles. The van der Waals surface area contributed by atoms with Crippen LogP contribution in [0.25, 0.3) is 0 Å². The number of benzene rings is 2. The number of amides is 2. The van der Waals surface area contributed by atoms with E-state index in [1.54, 1.807) is 52.1 Å². The summed E-state index contributed by atoms with van der Waals surface area (Å²) in [7, 11) is 1.55. The molecule has 0 aliphatic carbocycles. The van der Waals surface area contributed by atoms with Crippen molar-refractivity contribution in [2.45, 2.75) is 39.7 Å². The van der Waals surface area contributed by atoms with Crippen LogP contribution in [0, 0.1) is 6.92 Å². The number of nitrogens with one attached hydrogen (secondary N) is 2. The van der Waals surface area contributed by atoms with E-state index in [4.69, 9.17) is 9.47 Å². The van der Waals surface area contributed by atoms with E-state index in [-0.39, 0.29) is 11.8 Å². The van der Waals surface area contributed by atoms with Crippen molar-refractivity contribution in [3.05, 3.63) is 48.0 Å². The van der Waals surface area contributed by atoms with Gasteiger partial charge in [-0.3, -0.25) is 9.59 Å². The standard InChI is InChI=1S/C21H26N2O4/c1-6-19(24)22-15-11-12-16(14(2)13-15)23-20(25)21(3,4)27-18-10-8-7-9-17(18)26-5/h7-13H,6H2,1-5H3,(H,22,24)(H,23,25). The molecule has 0 atom stereocenters. The highest BCUT2D eigenvalue weighted by Gasteiger charge is 2.31. The van der Waals surface area contributed by atoms with Crippen LogP contribution in [0.5, 0.6) is 11.5 Å². The number of carbonyl (C=O) groups excluding carboxylic acids is 2. The van der Waals surface area contributed by atoms with Crippen molar-refractivity contribution in [1.82, 2.24) is 0 Å². The number of methoxy groups -OCH3 is 1. The third-order valence-electron chi connectivity index (χ3n) is 4.06. The molecule has 2 amide bonds. The lowest BCUT2D eigenvalue weighted by atomic mass is 10.1. The molecule has 27 heavy (non-hydrogen) atoms. The summed E-state index contributed by atoms with van der Waals surface area (Å²) >= 11 is 0. The van der Waals surface area contributed by atoms with E-state index in [1.807, 2.05) is 25.1 Å². The van der Waals surface area contributed by atoms with E-state index in [9.17, 15) is 9.59 Å². The first kappa shape index (κ1) is 20.3. The smallest absolute Gasteiger partial charge is 0.267 e. The molecule has 0 bridgehead atoms. The van der Waals surface area contributed by atoms with Crippen LogP contribution in [0.1, 0.15) is 32.8 Å². The predicted molar refractivity (Wildman–Crippen MR) is 106 cm³/mol. The maximum absolute atomic E-state index is 12.8. The number of anilines is 2. The number of rotatable bonds is 7. The second-order valence-electron chi connectivity index (χ2n) is 6.65. The van der Waals surface area contributed by atoms with Crippen LogP contribution < -0.4 is 20.1 Å². The molecule has 0 fully saturated rings. The van der Waals surface area contributed by atoms with E-state index in [2.05, 4.69) is 10.6 Å². The molecular formula is C21H26N2O4.